The molecule has 1 aromatic carbocycles. The van der Waals surface area contributed by atoms with Crippen molar-refractivity contribution in [2.75, 3.05) is 26.2 Å². The zero-order valence-electron chi connectivity index (χ0n) is 22.1. The Morgan fingerprint density at radius 2 is 1.15 bits per heavy atom. The third kappa shape index (κ3) is 16.3. The van der Waals surface area contributed by atoms with Gasteiger partial charge in [0.15, 0.2) is 0 Å². The highest BCUT2D eigenvalue weighted by molar-refractivity contribution is 7.80. The lowest BCUT2D eigenvalue weighted by atomic mass is 10.0. The van der Waals surface area contributed by atoms with Crippen LogP contribution in [-0.4, -0.2) is 43.6 Å². The van der Waals surface area contributed by atoms with Crippen molar-refractivity contribution < 1.29 is 21.6 Å². The molecule has 1 atom stereocenters. The Morgan fingerprint density at radius 3 is 1.52 bits per heavy atom. The van der Waals surface area contributed by atoms with E-state index >= 15 is 0 Å². The summed E-state index contributed by atoms with van der Waals surface area (Å²) in [5.74, 6) is 0. The van der Waals surface area contributed by atoms with E-state index in [1.807, 2.05) is 18.2 Å². The molecule has 1 unspecified atom stereocenters. The van der Waals surface area contributed by atoms with Gasteiger partial charge in [-0.15, -0.1) is 0 Å². The summed E-state index contributed by atoms with van der Waals surface area (Å²) in [6.45, 7) is 16.4. The van der Waals surface area contributed by atoms with E-state index in [1.54, 1.807) is 12.1 Å². The van der Waals surface area contributed by atoms with Crippen LogP contribution in [0, 0.1) is 0 Å². The Labute approximate surface area is 205 Å². The van der Waals surface area contributed by atoms with Gasteiger partial charge < -0.3 is 9.04 Å². The first kappa shape index (κ1) is 32.0. The van der Waals surface area contributed by atoms with E-state index < -0.39 is 16.5 Å². The molecule has 33 heavy (non-hydrogen) atoms. The number of benzene rings is 1. The van der Waals surface area contributed by atoms with Crippen molar-refractivity contribution in [2.45, 2.75) is 111 Å². The van der Waals surface area contributed by atoms with Crippen molar-refractivity contribution in [2.24, 2.45) is 0 Å². The summed E-state index contributed by atoms with van der Waals surface area (Å²) in [6, 6.07) is 9.09. The van der Waals surface area contributed by atoms with Crippen LogP contribution in [0.15, 0.2) is 30.3 Å². The van der Waals surface area contributed by atoms with E-state index in [1.165, 1.54) is 75.6 Å². The molecular weight excluding hydrogens is 434 g/mol. The Kier molecular flexibility index (Phi) is 18.8. The third-order valence-corrected chi connectivity index (χ3v) is 7.38. The largest absolute Gasteiger partial charge is 0.726 e. The molecule has 0 amide bonds. The molecule has 5 nitrogen and oxygen atoms in total. The van der Waals surface area contributed by atoms with Gasteiger partial charge >= 0.3 is 0 Å². The summed E-state index contributed by atoms with van der Waals surface area (Å²) >= 11 is 0. The molecule has 0 aliphatic carbocycles. The topological polar surface area (TPSA) is 66.4 Å². The van der Waals surface area contributed by atoms with Crippen molar-refractivity contribution >= 4 is 10.4 Å². The van der Waals surface area contributed by atoms with Gasteiger partial charge in [-0.05, 0) is 39.7 Å². The standard InChI is InChI=1S/C19H32O4S.C8H20N/c1-2-3-4-5-6-7-8-9-10-14-17-19(23-24(20,21)22)18-15-12-11-13-16-18;1-5-9(6-2,7-3)8-4/h11-13,15-16,19H,2-10,14,17H2,1H3,(H,20,21,22);5-8H2,1-4H3/q;+1/p-1. The van der Waals surface area contributed by atoms with Gasteiger partial charge in [-0.25, -0.2) is 8.42 Å². The van der Waals surface area contributed by atoms with Crippen molar-refractivity contribution in [1.82, 2.24) is 0 Å². The van der Waals surface area contributed by atoms with Crippen molar-refractivity contribution in [3.63, 3.8) is 0 Å². The molecule has 0 aromatic heterocycles. The van der Waals surface area contributed by atoms with Crippen molar-refractivity contribution in [3.8, 4) is 0 Å². The zero-order valence-corrected chi connectivity index (χ0v) is 22.9. The molecule has 6 heteroatoms. The lowest BCUT2D eigenvalue weighted by molar-refractivity contribution is -0.921. The van der Waals surface area contributed by atoms with Crippen LogP contribution in [0.3, 0.4) is 0 Å². The summed E-state index contributed by atoms with van der Waals surface area (Å²) in [7, 11) is -4.68. The maximum Gasteiger partial charge on any atom is 0.218 e. The van der Waals surface area contributed by atoms with Gasteiger partial charge in [0.1, 0.15) is 6.10 Å². The molecule has 0 N–H and O–H groups in total. The molecule has 0 heterocycles. The molecule has 0 aliphatic rings. The number of unbranched alkanes of at least 4 members (excludes halogenated alkanes) is 9. The second kappa shape index (κ2) is 19.4. The van der Waals surface area contributed by atoms with Gasteiger partial charge in [0, 0.05) is 0 Å². The molecule has 0 radical (unpaired) electrons. The molecular formula is C27H51NO4S. The summed E-state index contributed by atoms with van der Waals surface area (Å²) in [5, 5.41) is 0. The SMILES string of the molecule is CCCCCCCCCCCCC(OS(=O)(=O)[O-])c1ccccc1.CC[N+](CC)(CC)CC. The Hall–Kier alpha value is -0.950. The lowest BCUT2D eigenvalue weighted by Gasteiger charge is -2.34. The zero-order chi connectivity index (χ0) is 25.0. The molecule has 0 saturated heterocycles. The monoisotopic (exact) mass is 485 g/mol. The van der Waals surface area contributed by atoms with Gasteiger partial charge in [-0.3, -0.25) is 4.18 Å². The Balaban J connectivity index is 0.000000960. The van der Waals surface area contributed by atoms with Crippen LogP contribution in [0.2, 0.25) is 0 Å². The van der Waals surface area contributed by atoms with Crippen LogP contribution in [0.4, 0.5) is 0 Å². The second-order valence-electron chi connectivity index (χ2n) is 8.98. The second-order valence-corrected chi connectivity index (χ2v) is 9.99. The number of rotatable bonds is 18. The van der Waals surface area contributed by atoms with E-state index in [4.69, 9.17) is 4.18 Å². The number of quaternary nitrogens is 1. The molecule has 1 rings (SSSR count). The number of hydrogen-bond donors (Lipinski definition) is 0. The van der Waals surface area contributed by atoms with Gasteiger partial charge in [0.2, 0.25) is 10.4 Å². The molecule has 0 spiro atoms. The molecule has 0 fully saturated rings. The maximum atomic E-state index is 10.9. The van der Waals surface area contributed by atoms with E-state index in [9.17, 15) is 13.0 Å². The smallest absolute Gasteiger partial charge is 0.218 e. The molecule has 194 valence electrons. The number of hydrogen-bond acceptors (Lipinski definition) is 4. The van der Waals surface area contributed by atoms with Gasteiger partial charge in [0.25, 0.3) is 0 Å². The average molecular weight is 486 g/mol. The normalized spacial score (nSPS) is 12.8. The van der Waals surface area contributed by atoms with Crippen LogP contribution in [-0.2, 0) is 14.6 Å². The quantitative estimate of drug-likeness (QED) is 0.0940. The Morgan fingerprint density at radius 1 is 0.727 bits per heavy atom. The molecule has 0 bridgehead atoms. The fourth-order valence-electron chi connectivity index (χ4n) is 4.24. The van der Waals surface area contributed by atoms with E-state index in [-0.39, 0.29) is 0 Å². The van der Waals surface area contributed by atoms with Crippen molar-refractivity contribution in [1.29, 1.82) is 0 Å². The van der Waals surface area contributed by atoms with Crippen LogP contribution >= 0.6 is 0 Å². The van der Waals surface area contributed by atoms with E-state index in [2.05, 4.69) is 34.6 Å². The summed E-state index contributed by atoms with van der Waals surface area (Å²) in [4.78, 5) is 0. The molecule has 0 saturated carbocycles. The minimum Gasteiger partial charge on any atom is -0.726 e. The van der Waals surface area contributed by atoms with Gasteiger partial charge in [0.05, 0.1) is 26.2 Å². The average Bonchev–Trinajstić information content (AvgIpc) is 2.81. The molecule has 1 aromatic rings. The predicted molar refractivity (Wildman–Crippen MR) is 139 cm³/mol. The number of nitrogens with zero attached hydrogens (tertiary/aromatic N) is 1. The van der Waals surface area contributed by atoms with E-state index in [0.717, 1.165) is 24.8 Å². The highest BCUT2D eigenvalue weighted by Gasteiger charge is 2.16. The van der Waals surface area contributed by atoms with Gasteiger partial charge in [-0.1, -0.05) is 101 Å². The lowest BCUT2D eigenvalue weighted by Crippen LogP contribution is -2.47. The minimum atomic E-state index is -4.68. The Bertz CT molecular complexity index is 642. The highest BCUT2D eigenvalue weighted by atomic mass is 32.3. The van der Waals surface area contributed by atoms with Crippen LogP contribution in [0.1, 0.15) is 117 Å². The van der Waals surface area contributed by atoms with Crippen LogP contribution < -0.4 is 0 Å². The minimum absolute atomic E-state index is 0.558. The predicted octanol–water partition coefficient (Wildman–Crippen LogP) is 7.40. The fraction of sp³-hybridized carbons (Fsp3) is 0.778. The first-order chi connectivity index (χ1) is 15.8. The maximum absolute atomic E-state index is 10.9. The highest BCUT2D eigenvalue weighted by Crippen LogP contribution is 2.25. The van der Waals surface area contributed by atoms with Crippen LogP contribution in [0.25, 0.3) is 0 Å². The summed E-state index contributed by atoms with van der Waals surface area (Å²) < 4.78 is 38.8. The first-order valence-electron chi connectivity index (χ1n) is 13.3. The van der Waals surface area contributed by atoms with Gasteiger partial charge in [-0.2, -0.15) is 0 Å². The van der Waals surface area contributed by atoms with Crippen LogP contribution in [0.5, 0.6) is 0 Å². The molecule has 0 aliphatic heterocycles. The summed E-state index contributed by atoms with van der Waals surface area (Å²) in [5.41, 5.74) is 0.743. The fourth-order valence-corrected chi connectivity index (χ4v) is 4.73. The third-order valence-electron chi connectivity index (χ3n) is 6.91. The van der Waals surface area contributed by atoms with E-state index in [0.29, 0.717) is 6.42 Å². The van der Waals surface area contributed by atoms with Crippen molar-refractivity contribution in [3.05, 3.63) is 35.9 Å². The summed E-state index contributed by atoms with van der Waals surface area (Å²) in [6.07, 6.45) is 12.1. The first-order valence-corrected chi connectivity index (χ1v) is 14.6.